The predicted octanol–water partition coefficient (Wildman–Crippen LogP) is 18.0. The summed E-state index contributed by atoms with van der Waals surface area (Å²) < 4.78 is 16.8. The minimum absolute atomic E-state index is 0.0943. The summed E-state index contributed by atoms with van der Waals surface area (Å²) in [4.78, 5) is 38.0. The Hall–Kier alpha value is -3.41. The van der Waals surface area contributed by atoms with Crippen LogP contribution in [0.25, 0.3) is 0 Å². The van der Waals surface area contributed by atoms with Gasteiger partial charge in [-0.05, 0) is 109 Å². The Balaban J connectivity index is 4.41. The van der Waals surface area contributed by atoms with Crippen molar-refractivity contribution in [3.8, 4) is 0 Å². The number of ether oxygens (including phenoxy) is 3. The Labute approximate surface area is 401 Å². The highest BCUT2D eigenvalue weighted by molar-refractivity contribution is 5.71. The molecular weight excluding hydrogens is 805 g/mol. The van der Waals surface area contributed by atoms with Gasteiger partial charge in [-0.2, -0.15) is 0 Å². The third-order valence-electron chi connectivity index (χ3n) is 11.4. The van der Waals surface area contributed by atoms with Gasteiger partial charge < -0.3 is 14.2 Å². The third-order valence-corrected chi connectivity index (χ3v) is 11.4. The molecule has 372 valence electrons. The molecule has 0 heterocycles. The molecule has 0 aromatic heterocycles. The van der Waals surface area contributed by atoms with Crippen molar-refractivity contribution in [2.75, 3.05) is 13.2 Å². The largest absolute Gasteiger partial charge is 0.462 e. The van der Waals surface area contributed by atoms with Crippen LogP contribution in [0.15, 0.2) is 85.1 Å². The van der Waals surface area contributed by atoms with Crippen LogP contribution in [0.1, 0.15) is 252 Å². The van der Waals surface area contributed by atoms with Crippen molar-refractivity contribution in [1.29, 1.82) is 0 Å². The summed E-state index contributed by atoms with van der Waals surface area (Å²) in [6, 6.07) is 0. The second-order valence-corrected chi connectivity index (χ2v) is 17.7. The molecule has 0 saturated heterocycles. The molecule has 6 heteroatoms. The molecule has 1 atom stereocenters. The van der Waals surface area contributed by atoms with Gasteiger partial charge in [0, 0.05) is 19.3 Å². The van der Waals surface area contributed by atoms with Crippen LogP contribution in [-0.4, -0.2) is 37.2 Å². The topological polar surface area (TPSA) is 78.9 Å². The molecule has 0 N–H and O–H groups in total. The standard InChI is InChI=1S/C59H100O6/c1-4-7-10-13-16-19-22-25-27-28-29-30-32-34-37-40-43-46-49-52-58(61)64-55-56(54-63-57(60)51-48-45-42-39-36-33-24-21-18-15-12-9-6-3)65-59(62)53-50-47-44-41-38-35-31-26-23-20-17-14-11-8-5-2/h8-9,11-12,17-18,20-21,25-27,31,33,36,56H,4-7,10,13-16,19,22-24,28-30,32,34-35,37-55H2,1-3H3/b11-8-,12-9-,20-17-,21-18-,27-25-,31-26-,36-33-. The maximum Gasteiger partial charge on any atom is 0.306 e. The zero-order chi connectivity index (χ0) is 47.2. The van der Waals surface area contributed by atoms with Gasteiger partial charge in [-0.1, -0.05) is 209 Å². The van der Waals surface area contributed by atoms with Gasteiger partial charge in [-0.3, -0.25) is 14.4 Å². The van der Waals surface area contributed by atoms with Crippen molar-refractivity contribution < 1.29 is 28.6 Å². The summed E-state index contributed by atoms with van der Waals surface area (Å²) >= 11 is 0. The van der Waals surface area contributed by atoms with Crippen molar-refractivity contribution in [3.05, 3.63) is 85.1 Å². The van der Waals surface area contributed by atoms with Gasteiger partial charge in [0.15, 0.2) is 6.10 Å². The van der Waals surface area contributed by atoms with E-state index in [4.69, 9.17) is 14.2 Å². The molecule has 65 heavy (non-hydrogen) atoms. The second kappa shape index (κ2) is 53.2. The molecule has 0 aliphatic rings. The lowest BCUT2D eigenvalue weighted by Crippen LogP contribution is -2.30. The van der Waals surface area contributed by atoms with Crippen molar-refractivity contribution in [1.82, 2.24) is 0 Å². The maximum absolute atomic E-state index is 12.8. The van der Waals surface area contributed by atoms with Crippen LogP contribution in [0.3, 0.4) is 0 Å². The number of esters is 3. The molecule has 0 bridgehead atoms. The highest BCUT2D eigenvalue weighted by Gasteiger charge is 2.19. The number of carbonyl (C=O) groups is 3. The minimum atomic E-state index is -0.798. The Kier molecular flexibility index (Phi) is 50.4. The number of hydrogen-bond acceptors (Lipinski definition) is 6. The maximum atomic E-state index is 12.8. The van der Waals surface area contributed by atoms with Crippen molar-refractivity contribution in [2.45, 2.75) is 258 Å². The van der Waals surface area contributed by atoms with Gasteiger partial charge in [0.25, 0.3) is 0 Å². The summed E-state index contributed by atoms with van der Waals surface area (Å²) in [5.74, 6) is -0.943. The molecule has 0 aliphatic carbocycles. The van der Waals surface area contributed by atoms with Gasteiger partial charge in [0.05, 0.1) is 0 Å². The molecule has 0 radical (unpaired) electrons. The first kappa shape index (κ1) is 61.6. The molecule has 0 fully saturated rings. The Bertz CT molecular complexity index is 1270. The van der Waals surface area contributed by atoms with E-state index in [-0.39, 0.29) is 31.1 Å². The summed E-state index contributed by atoms with van der Waals surface area (Å²) in [5, 5.41) is 0. The van der Waals surface area contributed by atoms with Crippen LogP contribution in [0, 0.1) is 0 Å². The molecule has 0 aromatic carbocycles. The van der Waals surface area contributed by atoms with Crippen molar-refractivity contribution in [3.63, 3.8) is 0 Å². The van der Waals surface area contributed by atoms with Crippen LogP contribution in [0.4, 0.5) is 0 Å². The van der Waals surface area contributed by atoms with Gasteiger partial charge >= 0.3 is 17.9 Å². The number of rotatable bonds is 48. The second-order valence-electron chi connectivity index (χ2n) is 17.7. The van der Waals surface area contributed by atoms with E-state index in [0.717, 1.165) is 122 Å². The average molecular weight is 905 g/mol. The fourth-order valence-electron chi connectivity index (χ4n) is 7.35. The Morgan fingerprint density at radius 1 is 0.323 bits per heavy atom. The quantitative estimate of drug-likeness (QED) is 0.0262. The molecule has 0 saturated carbocycles. The molecule has 0 aliphatic heterocycles. The van der Waals surface area contributed by atoms with Crippen molar-refractivity contribution in [2.24, 2.45) is 0 Å². The van der Waals surface area contributed by atoms with Crippen LogP contribution in [0.2, 0.25) is 0 Å². The first-order chi connectivity index (χ1) is 32.0. The molecule has 1 unspecified atom stereocenters. The number of unbranched alkanes of at least 4 members (excludes halogenated alkanes) is 23. The van der Waals surface area contributed by atoms with Crippen LogP contribution in [0.5, 0.6) is 0 Å². The first-order valence-electron chi connectivity index (χ1n) is 27.1. The van der Waals surface area contributed by atoms with E-state index in [1.807, 2.05) is 0 Å². The van der Waals surface area contributed by atoms with Gasteiger partial charge in [0.2, 0.25) is 0 Å². The number of carbonyl (C=O) groups excluding carboxylic acids is 3. The molecular formula is C59H100O6. The van der Waals surface area contributed by atoms with E-state index in [1.165, 1.54) is 89.9 Å². The van der Waals surface area contributed by atoms with Crippen molar-refractivity contribution >= 4 is 17.9 Å². The minimum Gasteiger partial charge on any atom is -0.462 e. The molecule has 6 nitrogen and oxygen atoms in total. The lowest BCUT2D eigenvalue weighted by atomic mass is 10.1. The highest BCUT2D eigenvalue weighted by atomic mass is 16.6. The third kappa shape index (κ3) is 51.4. The summed E-state index contributed by atoms with van der Waals surface area (Å²) in [5.41, 5.74) is 0. The lowest BCUT2D eigenvalue weighted by Gasteiger charge is -2.18. The zero-order valence-corrected chi connectivity index (χ0v) is 42.5. The number of hydrogen-bond donors (Lipinski definition) is 0. The molecule has 0 amide bonds. The first-order valence-corrected chi connectivity index (χ1v) is 27.1. The zero-order valence-electron chi connectivity index (χ0n) is 42.5. The van der Waals surface area contributed by atoms with E-state index < -0.39 is 6.10 Å². The van der Waals surface area contributed by atoms with Crippen LogP contribution >= 0.6 is 0 Å². The monoisotopic (exact) mass is 905 g/mol. The summed E-state index contributed by atoms with van der Waals surface area (Å²) in [6.45, 7) is 6.37. The van der Waals surface area contributed by atoms with Crippen LogP contribution in [-0.2, 0) is 28.6 Å². The highest BCUT2D eigenvalue weighted by Crippen LogP contribution is 2.14. The van der Waals surface area contributed by atoms with E-state index in [2.05, 4.69) is 106 Å². The number of allylic oxidation sites excluding steroid dienone is 14. The van der Waals surface area contributed by atoms with E-state index in [0.29, 0.717) is 19.3 Å². The predicted molar refractivity (Wildman–Crippen MR) is 279 cm³/mol. The van der Waals surface area contributed by atoms with Gasteiger partial charge in [-0.25, -0.2) is 0 Å². The molecule has 0 rings (SSSR count). The normalized spacial score (nSPS) is 12.7. The smallest absolute Gasteiger partial charge is 0.306 e. The van der Waals surface area contributed by atoms with E-state index in [9.17, 15) is 14.4 Å². The molecule has 0 spiro atoms. The van der Waals surface area contributed by atoms with Gasteiger partial charge in [-0.15, -0.1) is 0 Å². The molecule has 0 aromatic rings. The fourth-order valence-corrected chi connectivity index (χ4v) is 7.35. The summed E-state index contributed by atoms with van der Waals surface area (Å²) in [7, 11) is 0. The van der Waals surface area contributed by atoms with Crippen LogP contribution < -0.4 is 0 Å². The van der Waals surface area contributed by atoms with E-state index >= 15 is 0 Å². The summed E-state index contributed by atoms with van der Waals surface area (Å²) in [6.07, 6.45) is 68.6. The average Bonchev–Trinajstić information content (AvgIpc) is 3.30. The lowest BCUT2D eigenvalue weighted by molar-refractivity contribution is -0.167. The Morgan fingerprint density at radius 2 is 0.600 bits per heavy atom. The van der Waals surface area contributed by atoms with Gasteiger partial charge in [0.1, 0.15) is 13.2 Å². The SMILES string of the molecule is CC/C=C\C/C=C\C/C=C\CCCCCCCC(=O)OC(COC(=O)CCCCC/C=C\C/C=C\C/C=C\CC)COC(=O)CCCCCCCCCCC/C=C\CCCCCCCC. The Morgan fingerprint density at radius 3 is 0.969 bits per heavy atom. The van der Waals surface area contributed by atoms with E-state index in [1.54, 1.807) is 0 Å². The fraction of sp³-hybridized carbons (Fsp3) is 0.712.